The van der Waals surface area contributed by atoms with E-state index in [2.05, 4.69) is 67.4 Å². The number of hydrogen-bond acceptors (Lipinski definition) is 4. The lowest BCUT2D eigenvalue weighted by molar-refractivity contribution is 0.696. The summed E-state index contributed by atoms with van der Waals surface area (Å²) < 4.78 is 0. The molecule has 0 radical (unpaired) electrons. The minimum Gasteiger partial charge on any atom is -0.358 e. The van der Waals surface area contributed by atoms with Gasteiger partial charge < -0.3 is 10.6 Å². The molecule has 0 amide bonds. The summed E-state index contributed by atoms with van der Waals surface area (Å²) in [6.45, 7) is 17.3. The second kappa shape index (κ2) is 10.7. The van der Waals surface area contributed by atoms with Gasteiger partial charge in [0, 0.05) is 32.5 Å². The number of thioether (sulfide) groups is 1. The molecule has 3 nitrogen and oxygen atoms in total. The number of rotatable bonds is 10. The summed E-state index contributed by atoms with van der Waals surface area (Å²) in [7, 11) is 0. The maximum absolute atomic E-state index is 4.42. The number of benzene rings is 1. The Balaban J connectivity index is 1.70. The van der Waals surface area contributed by atoms with Gasteiger partial charge in [-0.15, -0.1) is 29.7 Å². The van der Waals surface area contributed by atoms with Crippen molar-refractivity contribution in [3.8, 4) is 0 Å². The summed E-state index contributed by atoms with van der Waals surface area (Å²) in [5.74, 6) is 0.779. The molecule has 0 atom stereocenters. The first kappa shape index (κ1) is 22.4. The van der Waals surface area contributed by atoms with E-state index in [1.165, 1.54) is 40.0 Å². The van der Waals surface area contributed by atoms with Gasteiger partial charge in [-0.25, -0.2) is 0 Å². The number of hydrogen-bond donors (Lipinski definition) is 2. The highest BCUT2D eigenvalue weighted by Gasteiger charge is 2.22. The minimum atomic E-state index is 0.618. The normalized spacial score (nSPS) is 13.1. The first-order valence-corrected chi connectivity index (χ1v) is 12.1. The maximum atomic E-state index is 4.42. The molecule has 0 spiro atoms. The smallest absolute Gasteiger partial charge is 0.102 e. The third kappa shape index (κ3) is 5.46. The van der Waals surface area contributed by atoms with Crippen molar-refractivity contribution in [1.82, 2.24) is 0 Å². The van der Waals surface area contributed by atoms with Crippen LogP contribution in [0.3, 0.4) is 0 Å². The Hall–Kier alpha value is -2.24. The summed E-state index contributed by atoms with van der Waals surface area (Å²) >= 11 is 3.60. The van der Waals surface area contributed by atoms with E-state index < -0.39 is 0 Å². The monoisotopic (exact) mass is 437 g/mol. The van der Waals surface area contributed by atoms with Gasteiger partial charge in [-0.2, -0.15) is 0 Å². The highest BCUT2D eigenvalue weighted by atomic mass is 32.2. The van der Waals surface area contributed by atoms with Gasteiger partial charge in [-0.3, -0.25) is 4.99 Å². The van der Waals surface area contributed by atoms with Crippen molar-refractivity contribution in [2.24, 2.45) is 4.99 Å². The predicted octanol–water partition coefficient (Wildman–Crippen LogP) is 7.20. The maximum Gasteiger partial charge on any atom is 0.102 e. The van der Waals surface area contributed by atoms with Crippen molar-refractivity contribution in [3.63, 3.8) is 0 Å². The molecule has 0 aliphatic heterocycles. The van der Waals surface area contributed by atoms with Crippen LogP contribution in [0.2, 0.25) is 0 Å². The van der Waals surface area contributed by atoms with Gasteiger partial charge >= 0.3 is 0 Å². The number of para-hydroxylation sites is 1. The zero-order valence-corrected chi connectivity index (χ0v) is 19.6. The van der Waals surface area contributed by atoms with E-state index in [-0.39, 0.29) is 0 Å². The fraction of sp³-hybridized carbons (Fsp3) is 0.320. The lowest BCUT2D eigenvalue weighted by Crippen LogP contribution is -2.05. The number of fused-ring (bicyclic) bond motifs is 1. The van der Waals surface area contributed by atoms with Crippen LogP contribution < -0.4 is 10.6 Å². The van der Waals surface area contributed by atoms with Crippen molar-refractivity contribution in [3.05, 3.63) is 76.8 Å². The van der Waals surface area contributed by atoms with Crippen LogP contribution in [0.25, 0.3) is 4.91 Å². The average molecular weight is 438 g/mol. The second-order valence-electron chi connectivity index (χ2n) is 7.55. The van der Waals surface area contributed by atoms with E-state index in [0.717, 1.165) is 39.9 Å². The number of nitrogens with one attached hydrogen (secondary N) is 2. The van der Waals surface area contributed by atoms with Crippen LogP contribution in [0.4, 0.5) is 10.7 Å². The zero-order chi connectivity index (χ0) is 21.5. The third-order valence-electron chi connectivity index (χ3n) is 5.18. The third-order valence-corrected chi connectivity index (χ3v) is 7.44. The molecule has 0 saturated carbocycles. The van der Waals surface area contributed by atoms with Gasteiger partial charge in [0.1, 0.15) is 5.00 Å². The summed E-state index contributed by atoms with van der Waals surface area (Å²) in [4.78, 5) is 6.91. The van der Waals surface area contributed by atoms with E-state index in [1.807, 2.05) is 11.3 Å². The lowest BCUT2D eigenvalue weighted by atomic mass is 9.95. The molecule has 1 aromatic carbocycles. The fourth-order valence-corrected chi connectivity index (χ4v) is 5.80. The van der Waals surface area contributed by atoms with Crippen LogP contribution >= 0.6 is 23.1 Å². The topological polar surface area (TPSA) is 36.4 Å². The van der Waals surface area contributed by atoms with Crippen molar-refractivity contribution in [2.45, 2.75) is 39.5 Å². The Labute approximate surface area is 189 Å². The first-order chi connectivity index (χ1) is 14.5. The van der Waals surface area contributed by atoms with Crippen LogP contribution in [-0.4, -0.2) is 18.6 Å². The van der Waals surface area contributed by atoms with E-state index in [4.69, 9.17) is 0 Å². The van der Waals surface area contributed by atoms with Gasteiger partial charge in [0.15, 0.2) is 0 Å². The van der Waals surface area contributed by atoms with E-state index in [9.17, 15) is 0 Å². The number of aliphatic imine (C=N–C) groups is 1. The number of aryl methyl sites for hydroxylation is 3. The lowest BCUT2D eigenvalue weighted by Gasteiger charge is -2.17. The quantitative estimate of drug-likeness (QED) is 0.234. The molecule has 0 bridgehead atoms. The molecule has 1 heterocycles. The van der Waals surface area contributed by atoms with Gasteiger partial charge in [-0.1, -0.05) is 37.4 Å². The molecular formula is C25H31N3S2. The molecule has 158 valence electrons. The van der Waals surface area contributed by atoms with E-state index >= 15 is 0 Å². The highest BCUT2D eigenvalue weighted by Crippen LogP contribution is 2.44. The Bertz CT molecular complexity index is 949. The molecule has 1 aliphatic rings. The van der Waals surface area contributed by atoms with Crippen molar-refractivity contribution < 1.29 is 0 Å². The fourth-order valence-electron chi connectivity index (χ4n) is 3.66. The largest absolute Gasteiger partial charge is 0.358 e. The minimum absolute atomic E-state index is 0.618. The standard InChI is InChI=1S/C25H31N3S2/c1-6-14-26-16-27-25-23(21-12-7-8-13-22(21)30-25)20(5)29-15-19(4)28-24-17(2)10-9-11-18(24)3/h6,9-11,16,28H,1,4-5,7-8,12-15H2,2-3H3,(H,26,27). The molecule has 5 heteroatoms. The summed E-state index contributed by atoms with van der Waals surface area (Å²) in [5.41, 5.74) is 7.35. The predicted molar refractivity (Wildman–Crippen MR) is 138 cm³/mol. The Morgan fingerprint density at radius 1 is 1.20 bits per heavy atom. The SMILES string of the molecule is C=CCN=CNc1sc2c(c1C(=C)SCC(=C)Nc1c(C)cccc1C)CCCC2. The number of nitrogens with zero attached hydrogens (tertiary/aromatic N) is 1. The summed E-state index contributed by atoms with van der Waals surface area (Å²) in [6, 6.07) is 6.33. The second-order valence-corrected chi connectivity index (χ2v) is 9.72. The molecule has 0 saturated heterocycles. The van der Waals surface area contributed by atoms with Crippen molar-refractivity contribution in [1.29, 1.82) is 0 Å². The van der Waals surface area contributed by atoms with E-state index in [0.29, 0.717) is 6.54 Å². The summed E-state index contributed by atoms with van der Waals surface area (Å²) in [5, 5.41) is 8.05. The van der Waals surface area contributed by atoms with Crippen LogP contribution in [0, 0.1) is 13.8 Å². The highest BCUT2D eigenvalue weighted by molar-refractivity contribution is 8.08. The summed E-state index contributed by atoms with van der Waals surface area (Å²) in [6.07, 6.45) is 8.39. The van der Waals surface area contributed by atoms with Gasteiger partial charge in [0.05, 0.1) is 12.9 Å². The molecule has 2 aromatic rings. The average Bonchev–Trinajstić information content (AvgIpc) is 3.10. The first-order valence-electron chi connectivity index (χ1n) is 10.3. The van der Waals surface area contributed by atoms with Gasteiger partial charge in [0.25, 0.3) is 0 Å². The van der Waals surface area contributed by atoms with Crippen LogP contribution in [0.5, 0.6) is 0 Å². The Kier molecular flexibility index (Phi) is 8.00. The van der Waals surface area contributed by atoms with Gasteiger partial charge in [-0.05, 0) is 56.2 Å². The van der Waals surface area contributed by atoms with Gasteiger partial charge in [0.2, 0.25) is 0 Å². The zero-order valence-electron chi connectivity index (χ0n) is 18.0. The number of thiophene rings is 1. The Morgan fingerprint density at radius 2 is 1.93 bits per heavy atom. The van der Waals surface area contributed by atoms with Crippen molar-refractivity contribution in [2.75, 3.05) is 22.9 Å². The molecule has 30 heavy (non-hydrogen) atoms. The molecule has 3 rings (SSSR count). The van der Waals surface area contributed by atoms with Crippen LogP contribution in [0.15, 0.2) is 54.7 Å². The molecule has 1 aliphatic carbocycles. The van der Waals surface area contributed by atoms with Crippen molar-refractivity contribution >= 4 is 45.0 Å². The molecule has 0 unspecified atom stereocenters. The number of anilines is 2. The van der Waals surface area contributed by atoms with Crippen LogP contribution in [-0.2, 0) is 12.8 Å². The van der Waals surface area contributed by atoms with E-state index in [1.54, 1.807) is 24.2 Å². The molecule has 1 aromatic heterocycles. The molecular weight excluding hydrogens is 406 g/mol. The molecule has 0 fully saturated rings. The van der Waals surface area contributed by atoms with Crippen LogP contribution in [0.1, 0.15) is 40.0 Å². The Morgan fingerprint density at radius 3 is 2.67 bits per heavy atom. The molecule has 2 N–H and O–H groups in total.